The molecule has 2 aromatic rings. The van der Waals surface area contributed by atoms with Gasteiger partial charge in [-0.05, 0) is 18.6 Å². The smallest absolute Gasteiger partial charge is 0.320 e. The molecule has 122 valence electrons. The van der Waals surface area contributed by atoms with E-state index in [1.54, 1.807) is 18.2 Å². The molecule has 2 heterocycles. The van der Waals surface area contributed by atoms with Crippen molar-refractivity contribution in [1.29, 1.82) is 0 Å². The fraction of sp³-hybridized carbons (Fsp3) is 0.400. The summed E-state index contributed by atoms with van der Waals surface area (Å²) in [5.74, 6) is -1.07. The molecule has 1 aliphatic rings. The van der Waals surface area contributed by atoms with Gasteiger partial charge in [0.15, 0.2) is 5.82 Å². The maximum Gasteiger partial charge on any atom is 0.320 e. The molecule has 0 saturated carbocycles. The highest BCUT2D eigenvalue weighted by Crippen LogP contribution is 2.24. The largest absolute Gasteiger partial charge is 0.457 e. The Balaban J connectivity index is 1.73. The van der Waals surface area contributed by atoms with Crippen molar-refractivity contribution >= 4 is 22.9 Å². The first kappa shape index (κ1) is 15.4. The van der Waals surface area contributed by atoms with Crippen molar-refractivity contribution in [3.63, 3.8) is 0 Å². The van der Waals surface area contributed by atoms with E-state index in [-0.39, 0.29) is 31.3 Å². The van der Waals surface area contributed by atoms with Crippen molar-refractivity contribution in [1.82, 2.24) is 14.9 Å². The van der Waals surface area contributed by atoms with Gasteiger partial charge in [0.05, 0.1) is 17.0 Å². The molecule has 8 heteroatoms. The normalized spacial score (nSPS) is 18.2. The number of ether oxygens (including phenoxy) is 1. The van der Waals surface area contributed by atoms with Crippen molar-refractivity contribution in [3.8, 4) is 0 Å². The van der Waals surface area contributed by atoms with Gasteiger partial charge < -0.3 is 10.1 Å². The van der Waals surface area contributed by atoms with E-state index in [1.807, 2.05) is 0 Å². The molecule has 23 heavy (non-hydrogen) atoms. The molecule has 1 fully saturated rings. The van der Waals surface area contributed by atoms with Crippen LogP contribution in [0.1, 0.15) is 25.2 Å². The third kappa shape index (κ3) is 3.15. The van der Waals surface area contributed by atoms with Crippen LogP contribution in [0.15, 0.2) is 24.3 Å². The molecule has 0 radical (unpaired) electrons. The van der Waals surface area contributed by atoms with E-state index < -0.39 is 18.4 Å². The van der Waals surface area contributed by atoms with Crippen molar-refractivity contribution in [2.75, 3.05) is 6.54 Å². The summed E-state index contributed by atoms with van der Waals surface area (Å²) in [4.78, 5) is 27.1. The summed E-state index contributed by atoms with van der Waals surface area (Å²) in [6.07, 6.45) is 0.658. The van der Waals surface area contributed by atoms with Gasteiger partial charge in [0.2, 0.25) is 5.91 Å². The fourth-order valence-electron chi connectivity index (χ4n) is 2.60. The zero-order valence-corrected chi connectivity index (χ0v) is 12.2. The molecule has 0 bridgehead atoms. The number of esters is 1. The first-order valence-corrected chi connectivity index (χ1v) is 7.23. The quantitative estimate of drug-likeness (QED) is 0.874. The van der Waals surface area contributed by atoms with Crippen LogP contribution >= 0.6 is 0 Å². The number of amides is 1. The summed E-state index contributed by atoms with van der Waals surface area (Å²) in [6, 6.07) is 6.50. The first-order chi connectivity index (χ1) is 11.1. The predicted molar refractivity (Wildman–Crippen MR) is 76.5 cm³/mol. The summed E-state index contributed by atoms with van der Waals surface area (Å²) in [5.41, 5.74) is 0.710. The molecule has 0 aliphatic carbocycles. The van der Waals surface area contributed by atoms with Crippen LogP contribution < -0.4 is 5.32 Å². The molecule has 3 rings (SSSR count). The van der Waals surface area contributed by atoms with Gasteiger partial charge in [-0.15, -0.1) is 0 Å². The SMILES string of the molecule is O=C1CC[C@@H](C(=O)OCc2nc3ccccc3n2C(F)F)CN1. The average Bonchev–Trinajstić information content (AvgIpc) is 2.91. The number of imidazole rings is 1. The lowest BCUT2D eigenvalue weighted by Gasteiger charge is -2.20. The summed E-state index contributed by atoms with van der Waals surface area (Å²) in [6.45, 7) is -2.89. The van der Waals surface area contributed by atoms with E-state index >= 15 is 0 Å². The van der Waals surface area contributed by atoms with E-state index in [2.05, 4.69) is 10.3 Å². The van der Waals surface area contributed by atoms with E-state index in [4.69, 9.17) is 4.74 Å². The number of carbonyl (C=O) groups is 2. The van der Waals surface area contributed by atoms with Gasteiger partial charge in [0, 0.05) is 13.0 Å². The van der Waals surface area contributed by atoms with Gasteiger partial charge in [0.1, 0.15) is 6.61 Å². The zero-order valence-electron chi connectivity index (χ0n) is 12.2. The molecular weight excluding hydrogens is 308 g/mol. The summed E-state index contributed by atoms with van der Waals surface area (Å²) < 4.78 is 32.4. The second kappa shape index (κ2) is 6.31. The highest BCUT2D eigenvalue weighted by molar-refractivity contribution is 5.81. The molecule has 1 aromatic carbocycles. The molecule has 0 unspecified atom stereocenters. The van der Waals surface area contributed by atoms with Crippen molar-refractivity contribution in [2.24, 2.45) is 5.92 Å². The van der Waals surface area contributed by atoms with Gasteiger partial charge in [-0.25, -0.2) is 4.98 Å². The minimum absolute atomic E-state index is 0.00519. The Morgan fingerprint density at radius 2 is 2.22 bits per heavy atom. The number of para-hydroxylation sites is 2. The highest BCUT2D eigenvalue weighted by Gasteiger charge is 2.26. The Morgan fingerprint density at radius 3 is 2.91 bits per heavy atom. The standard InChI is InChI=1S/C15H15F2N3O3/c16-15(17)20-11-4-2-1-3-10(11)19-12(20)8-23-14(22)9-5-6-13(21)18-7-9/h1-4,9,15H,5-8H2,(H,18,21)/t9-/m1/s1. The number of rotatable bonds is 4. The Bertz CT molecular complexity index is 735. The molecule has 6 nitrogen and oxygen atoms in total. The minimum Gasteiger partial charge on any atom is -0.457 e. The Hall–Kier alpha value is -2.51. The Kier molecular flexibility index (Phi) is 4.22. The van der Waals surface area contributed by atoms with Gasteiger partial charge in [-0.2, -0.15) is 8.78 Å². The first-order valence-electron chi connectivity index (χ1n) is 7.23. The average molecular weight is 323 g/mol. The molecule has 1 aromatic heterocycles. The number of aromatic nitrogens is 2. The van der Waals surface area contributed by atoms with Crippen LogP contribution in [0.5, 0.6) is 0 Å². The number of nitrogens with one attached hydrogen (secondary N) is 1. The maximum absolute atomic E-state index is 13.2. The van der Waals surface area contributed by atoms with Gasteiger partial charge in [-0.3, -0.25) is 14.2 Å². The van der Waals surface area contributed by atoms with E-state index in [1.165, 1.54) is 6.07 Å². The second-order valence-corrected chi connectivity index (χ2v) is 5.31. The van der Waals surface area contributed by atoms with Crippen LogP contribution in [-0.2, 0) is 20.9 Å². The third-order valence-corrected chi connectivity index (χ3v) is 3.81. The molecule has 1 amide bonds. The lowest BCUT2D eigenvalue weighted by molar-refractivity contribution is -0.151. The predicted octanol–water partition coefficient (Wildman–Crippen LogP) is 2.00. The molecule has 0 spiro atoms. The number of carbonyl (C=O) groups excluding carboxylic acids is 2. The summed E-state index contributed by atoms with van der Waals surface area (Å²) in [5, 5.41) is 2.58. The second-order valence-electron chi connectivity index (χ2n) is 5.31. The lowest BCUT2D eigenvalue weighted by atomic mass is 10.00. The number of benzene rings is 1. The minimum atomic E-state index is -2.77. The molecule has 1 atom stereocenters. The van der Waals surface area contributed by atoms with E-state index in [0.717, 1.165) is 4.57 Å². The van der Waals surface area contributed by atoms with Crippen molar-refractivity contribution in [3.05, 3.63) is 30.1 Å². The van der Waals surface area contributed by atoms with Crippen molar-refractivity contribution in [2.45, 2.75) is 26.0 Å². The Labute approximate surface area is 130 Å². The number of hydrogen-bond acceptors (Lipinski definition) is 4. The highest BCUT2D eigenvalue weighted by atomic mass is 19.3. The van der Waals surface area contributed by atoms with Crippen molar-refractivity contribution < 1.29 is 23.1 Å². The van der Waals surface area contributed by atoms with Crippen LogP contribution in [0.25, 0.3) is 11.0 Å². The van der Waals surface area contributed by atoms with Gasteiger partial charge in [0.25, 0.3) is 0 Å². The monoisotopic (exact) mass is 323 g/mol. The third-order valence-electron chi connectivity index (χ3n) is 3.81. The topological polar surface area (TPSA) is 73.2 Å². The van der Waals surface area contributed by atoms with Crippen LogP contribution in [0.2, 0.25) is 0 Å². The number of nitrogens with zero attached hydrogens (tertiary/aromatic N) is 2. The molecular formula is C15H15F2N3O3. The van der Waals surface area contributed by atoms with Gasteiger partial charge in [-0.1, -0.05) is 12.1 Å². The zero-order chi connectivity index (χ0) is 16.4. The number of piperidine rings is 1. The van der Waals surface area contributed by atoms with Crippen LogP contribution in [-0.4, -0.2) is 28.0 Å². The number of alkyl halides is 2. The number of hydrogen-bond donors (Lipinski definition) is 1. The van der Waals surface area contributed by atoms with E-state index in [9.17, 15) is 18.4 Å². The van der Waals surface area contributed by atoms with E-state index in [0.29, 0.717) is 17.5 Å². The van der Waals surface area contributed by atoms with Crippen LogP contribution in [0, 0.1) is 5.92 Å². The molecule has 1 N–H and O–H groups in total. The maximum atomic E-state index is 13.2. The Morgan fingerprint density at radius 1 is 1.43 bits per heavy atom. The van der Waals surface area contributed by atoms with Crippen LogP contribution in [0.4, 0.5) is 8.78 Å². The number of halogens is 2. The lowest BCUT2D eigenvalue weighted by Crippen LogP contribution is -2.39. The summed E-state index contributed by atoms with van der Waals surface area (Å²) in [7, 11) is 0. The molecule has 1 aliphatic heterocycles. The fourth-order valence-corrected chi connectivity index (χ4v) is 2.60. The number of fused-ring (bicyclic) bond motifs is 1. The molecule has 1 saturated heterocycles. The van der Waals surface area contributed by atoms with Crippen LogP contribution in [0.3, 0.4) is 0 Å². The summed E-state index contributed by atoms with van der Waals surface area (Å²) >= 11 is 0. The van der Waals surface area contributed by atoms with Gasteiger partial charge >= 0.3 is 12.5 Å².